The molecule has 1 saturated heterocycles. The molecule has 0 atom stereocenters. The van der Waals surface area contributed by atoms with Crippen LogP contribution in [0.15, 0.2) is 41.3 Å². The normalized spacial score (nSPS) is 23.5. The second kappa shape index (κ2) is 7.16. The zero-order chi connectivity index (χ0) is 21.9. The van der Waals surface area contributed by atoms with Crippen molar-refractivity contribution >= 4 is 38.3 Å². The number of rotatable bonds is 4. The molecule has 32 heavy (non-hydrogen) atoms. The Morgan fingerprint density at radius 1 is 1.19 bits per heavy atom. The van der Waals surface area contributed by atoms with Crippen molar-refractivity contribution in [1.82, 2.24) is 15.1 Å². The Bertz CT molecular complexity index is 1290. The lowest BCUT2D eigenvalue weighted by Gasteiger charge is -2.45. The molecule has 1 saturated carbocycles. The van der Waals surface area contributed by atoms with Crippen LogP contribution in [0.4, 0.5) is 19.0 Å². The number of thiophene rings is 1. The van der Waals surface area contributed by atoms with Crippen LogP contribution in [0.25, 0.3) is 21.2 Å². The molecule has 4 aromatic rings. The number of hydrogen-bond donors (Lipinski definition) is 0. The van der Waals surface area contributed by atoms with E-state index in [0.29, 0.717) is 10.7 Å². The fraction of sp³-hybridized carbons (Fsp3) is 0.435. The first-order valence-corrected chi connectivity index (χ1v) is 11.6. The van der Waals surface area contributed by atoms with Crippen molar-refractivity contribution in [3.8, 4) is 0 Å². The van der Waals surface area contributed by atoms with Crippen molar-refractivity contribution in [2.45, 2.75) is 38.3 Å². The van der Waals surface area contributed by atoms with E-state index in [-0.39, 0.29) is 10.3 Å². The van der Waals surface area contributed by atoms with Crippen LogP contribution in [-0.4, -0.2) is 34.4 Å². The van der Waals surface area contributed by atoms with Crippen LogP contribution in [0.2, 0.25) is 0 Å². The van der Waals surface area contributed by atoms with Gasteiger partial charge in [-0.1, -0.05) is 11.2 Å². The number of halogens is 3. The van der Waals surface area contributed by atoms with Gasteiger partial charge in [0, 0.05) is 23.4 Å². The van der Waals surface area contributed by atoms with Gasteiger partial charge in [-0.05, 0) is 60.8 Å². The minimum atomic E-state index is -4.22. The molecule has 2 aliphatic rings. The van der Waals surface area contributed by atoms with Crippen molar-refractivity contribution in [2.75, 3.05) is 18.0 Å². The van der Waals surface area contributed by atoms with Gasteiger partial charge in [-0.3, -0.25) is 0 Å². The fourth-order valence-corrected chi connectivity index (χ4v) is 6.57. The molecule has 1 aliphatic carbocycles. The summed E-state index contributed by atoms with van der Waals surface area (Å²) in [5.41, 5.74) is 2.39. The molecular weight excluding hydrogens is 437 g/mol. The Morgan fingerprint density at radius 2 is 2.06 bits per heavy atom. The van der Waals surface area contributed by atoms with E-state index in [1.807, 2.05) is 0 Å². The Balaban J connectivity index is 1.14. The molecule has 0 unspecified atom stereocenters. The molecule has 0 N–H and O–H groups in total. The summed E-state index contributed by atoms with van der Waals surface area (Å²) in [6.45, 7) is 1.79. The molecule has 3 aromatic heterocycles. The van der Waals surface area contributed by atoms with Crippen LogP contribution in [0.1, 0.15) is 29.7 Å². The van der Waals surface area contributed by atoms with Gasteiger partial charge < -0.3 is 9.42 Å². The van der Waals surface area contributed by atoms with Gasteiger partial charge >= 0.3 is 6.18 Å². The number of benzene rings is 1. The highest BCUT2D eigenvalue weighted by Gasteiger charge is 2.48. The van der Waals surface area contributed by atoms with Crippen molar-refractivity contribution < 1.29 is 17.7 Å². The van der Waals surface area contributed by atoms with E-state index < -0.39 is 12.6 Å². The van der Waals surface area contributed by atoms with Gasteiger partial charge in [-0.2, -0.15) is 13.2 Å². The maximum absolute atomic E-state index is 12.8. The summed E-state index contributed by atoms with van der Waals surface area (Å²) in [5, 5.41) is 5.61. The Labute approximate surface area is 186 Å². The van der Waals surface area contributed by atoms with E-state index >= 15 is 0 Å². The third-order valence-electron chi connectivity index (χ3n) is 6.86. The zero-order valence-electron chi connectivity index (χ0n) is 17.2. The van der Waals surface area contributed by atoms with E-state index in [4.69, 9.17) is 4.52 Å². The maximum atomic E-state index is 12.8. The monoisotopic (exact) mass is 458 g/mol. The van der Waals surface area contributed by atoms with Gasteiger partial charge in [0.15, 0.2) is 5.58 Å². The highest BCUT2D eigenvalue weighted by atomic mass is 32.1. The summed E-state index contributed by atoms with van der Waals surface area (Å²) in [5.74, 6) is 1.41. The highest BCUT2D eigenvalue weighted by molar-refractivity contribution is 7.18. The summed E-state index contributed by atoms with van der Waals surface area (Å²) in [4.78, 5) is 11.8. The minimum absolute atomic E-state index is 0.281. The standard InChI is InChI=1S/C23H21F3N4OS/c24-23(25,26)10-17-7-18-20(27-13-28-21(18)32-17)30-4-3-22(12-30)8-15(9-22)5-14-1-2-16-11-29-31-19(16)6-14/h1-2,6-7,11,13,15H,3-5,8-10,12H2. The number of nitrogens with zero attached hydrogens (tertiary/aromatic N) is 4. The number of fused-ring (bicyclic) bond motifs is 2. The second-order valence-corrected chi connectivity index (χ2v) is 10.4. The summed E-state index contributed by atoms with van der Waals surface area (Å²) in [6, 6.07) is 7.91. The number of hydrogen-bond acceptors (Lipinski definition) is 6. The Morgan fingerprint density at radius 3 is 2.91 bits per heavy atom. The molecule has 2 fully saturated rings. The van der Waals surface area contributed by atoms with Crippen molar-refractivity contribution in [3.05, 3.63) is 47.2 Å². The van der Waals surface area contributed by atoms with Crippen LogP contribution in [0.3, 0.4) is 0 Å². The van der Waals surface area contributed by atoms with Crippen LogP contribution >= 0.6 is 11.3 Å². The second-order valence-electron chi connectivity index (χ2n) is 9.27. The van der Waals surface area contributed by atoms with Gasteiger partial charge in [0.25, 0.3) is 0 Å². The third-order valence-corrected chi connectivity index (χ3v) is 7.90. The topological polar surface area (TPSA) is 55.1 Å². The maximum Gasteiger partial charge on any atom is 0.393 e. The Kier molecular flexibility index (Phi) is 4.47. The molecule has 9 heteroatoms. The summed E-state index contributed by atoms with van der Waals surface area (Å²) >= 11 is 1.11. The molecule has 166 valence electrons. The molecule has 0 bridgehead atoms. The first-order valence-electron chi connectivity index (χ1n) is 10.7. The van der Waals surface area contributed by atoms with E-state index in [1.54, 1.807) is 12.3 Å². The Hall–Kier alpha value is -2.68. The van der Waals surface area contributed by atoms with Gasteiger partial charge in [0.2, 0.25) is 0 Å². The number of anilines is 1. The molecule has 5 nitrogen and oxygen atoms in total. The van der Waals surface area contributed by atoms with Crippen molar-refractivity contribution in [1.29, 1.82) is 0 Å². The summed E-state index contributed by atoms with van der Waals surface area (Å²) in [7, 11) is 0. The van der Waals surface area contributed by atoms with Crippen LogP contribution in [0.5, 0.6) is 0 Å². The molecule has 6 rings (SSSR count). The van der Waals surface area contributed by atoms with Gasteiger partial charge in [0.1, 0.15) is 17.0 Å². The largest absolute Gasteiger partial charge is 0.393 e. The first-order chi connectivity index (χ1) is 15.4. The first kappa shape index (κ1) is 20.0. The molecule has 1 spiro atoms. The van der Waals surface area contributed by atoms with E-state index in [1.165, 1.54) is 11.9 Å². The molecule has 0 radical (unpaired) electrons. The minimum Gasteiger partial charge on any atom is -0.356 e. The smallest absolute Gasteiger partial charge is 0.356 e. The lowest BCUT2D eigenvalue weighted by atomic mass is 9.60. The number of aromatic nitrogens is 3. The van der Waals surface area contributed by atoms with Gasteiger partial charge in [-0.25, -0.2) is 9.97 Å². The van der Waals surface area contributed by atoms with E-state index in [2.05, 4.69) is 38.2 Å². The van der Waals surface area contributed by atoms with Crippen molar-refractivity contribution in [3.63, 3.8) is 0 Å². The quantitative estimate of drug-likeness (QED) is 0.388. The number of alkyl halides is 3. The zero-order valence-corrected chi connectivity index (χ0v) is 18.0. The average molecular weight is 459 g/mol. The lowest BCUT2D eigenvalue weighted by Crippen LogP contribution is -2.40. The molecule has 1 aromatic carbocycles. The lowest BCUT2D eigenvalue weighted by molar-refractivity contribution is -0.126. The molecule has 0 amide bonds. The predicted octanol–water partition coefficient (Wildman–Crippen LogP) is 5.79. The van der Waals surface area contributed by atoms with Crippen molar-refractivity contribution in [2.24, 2.45) is 11.3 Å². The van der Waals surface area contributed by atoms with E-state index in [0.717, 1.165) is 72.3 Å². The van der Waals surface area contributed by atoms with Gasteiger partial charge in [0.05, 0.1) is 18.0 Å². The SMILES string of the molecule is FC(F)(F)Cc1cc2c(N3CCC4(CC(Cc5ccc6cnoc6c5)C4)C3)ncnc2s1. The average Bonchev–Trinajstić information content (AvgIpc) is 3.43. The summed E-state index contributed by atoms with van der Waals surface area (Å²) in [6.07, 6.45) is 2.51. The summed E-state index contributed by atoms with van der Waals surface area (Å²) < 4.78 is 43.8. The van der Waals surface area contributed by atoms with Crippen LogP contribution in [-0.2, 0) is 12.8 Å². The predicted molar refractivity (Wildman–Crippen MR) is 117 cm³/mol. The molecule has 4 heterocycles. The fourth-order valence-electron chi connectivity index (χ4n) is 5.55. The molecular formula is C23H21F3N4OS. The highest BCUT2D eigenvalue weighted by Crippen LogP contribution is 2.53. The van der Waals surface area contributed by atoms with Gasteiger partial charge in [-0.15, -0.1) is 11.3 Å². The third kappa shape index (κ3) is 3.62. The van der Waals surface area contributed by atoms with Crippen LogP contribution in [0, 0.1) is 11.3 Å². The van der Waals surface area contributed by atoms with Crippen LogP contribution < -0.4 is 4.90 Å². The van der Waals surface area contributed by atoms with E-state index in [9.17, 15) is 13.2 Å². The molecule has 1 aliphatic heterocycles.